The number of carbonyl (C=O) groups is 4. The number of aliphatic hydroxyl groups excluding tert-OH is 19. The fourth-order valence-corrected chi connectivity index (χ4v) is 16.9. The fraction of sp³-hybridized carbons (Fsp3) is 0.908. The normalized spacial score (nSPS) is 34.9. The maximum Gasteiger partial charge on any atom is 0.364 e. The number of carbonyl (C=O) groups excluding carboxylic acids is 3. The lowest BCUT2D eigenvalue weighted by Crippen LogP contribution is -2.71. The first-order chi connectivity index (χ1) is 60.5. The molecule has 734 valence electrons. The summed E-state index contributed by atoms with van der Waals surface area (Å²) in [5.41, 5.74) is 0. The highest BCUT2D eigenvalue weighted by Crippen LogP contribution is 2.41. The van der Waals surface area contributed by atoms with Crippen LogP contribution in [-0.4, -0.2) is 374 Å². The zero-order valence-electron chi connectivity index (χ0n) is 74.0. The van der Waals surface area contributed by atoms with Gasteiger partial charge in [0, 0.05) is 26.7 Å². The minimum absolute atomic E-state index is 0.165. The molecule has 3 amide bonds. The van der Waals surface area contributed by atoms with Gasteiger partial charge in [0.05, 0.1) is 70.5 Å². The van der Waals surface area contributed by atoms with Crippen LogP contribution in [-0.2, 0) is 76.0 Å². The summed E-state index contributed by atoms with van der Waals surface area (Å²) in [6.07, 6.45) is -14.1. The Kier molecular flexibility index (Phi) is 52.5. The number of aliphatic hydroxyl groups is 19. The Bertz CT molecular complexity index is 3030. The van der Waals surface area contributed by atoms with Crippen LogP contribution in [0.3, 0.4) is 0 Å². The number of hydrogen-bond donors (Lipinski definition) is 23. The molecule has 0 radical (unpaired) electrons. The molecule has 0 bridgehead atoms. The van der Waals surface area contributed by atoms with E-state index in [0.717, 1.165) is 65.2 Å². The SMILES string of the molecule is CCCCCCCC/C=C\CCCCCCCCCCCCCCCC(=O)N[C@@H](CO[C@@H]1OC(CO)[C@@H](O[C@@H]2OC(CO)[C@H](O[C@@H]3OC(CO)[C@H](O)[C@H](O[C@@H]4OC(CO)[C@H](O)[C@H](O[C@@H]5OC(CO)[C@H](O)[C@H](O[C@]6(C(=O)O)CC(O)[C@@H](NC(C)=O)C([C@H](O)[C@H](O)CO)O6)C5O)C4NC(C)=O)C3O)[C@H](O)C2O)[C@H](O)C1O)[C@H](O)/C=C/CCCCCCCCCCCCC. The minimum atomic E-state index is -3.25. The average molecular weight is 1820 g/mol. The van der Waals surface area contributed by atoms with Crippen molar-refractivity contribution in [3.05, 3.63) is 24.3 Å². The van der Waals surface area contributed by atoms with Crippen LogP contribution in [0, 0.1) is 0 Å². The monoisotopic (exact) mass is 1820 g/mol. The minimum Gasteiger partial charge on any atom is -0.477 e. The van der Waals surface area contributed by atoms with Crippen molar-refractivity contribution in [1.29, 1.82) is 0 Å². The molecule has 0 aliphatic carbocycles. The summed E-state index contributed by atoms with van der Waals surface area (Å²) in [6, 6.07) is -4.73. The van der Waals surface area contributed by atoms with Gasteiger partial charge in [-0.1, -0.05) is 205 Å². The zero-order chi connectivity index (χ0) is 92.4. The smallest absolute Gasteiger partial charge is 0.364 e. The Balaban J connectivity index is 1.06. The van der Waals surface area contributed by atoms with Crippen LogP contribution in [0.1, 0.15) is 252 Å². The quantitative estimate of drug-likeness (QED) is 0.0274. The Morgan fingerprint density at radius 2 is 0.778 bits per heavy atom. The van der Waals surface area contributed by atoms with Crippen LogP contribution in [0.4, 0.5) is 0 Å². The summed E-state index contributed by atoms with van der Waals surface area (Å²) in [5.74, 6) is -7.50. The van der Waals surface area contributed by atoms with Crippen molar-refractivity contribution >= 4 is 23.7 Å². The molecule has 23 N–H and O–H groups in total. The first-order valence-electron chi connectivity index (χ1n) is 46.3. The summed E-state index contributed by atoms with van der Waals surface area (Å²) < 4.78 is 70.7. The van der Waals surface area contributed by atoms with Crippen molar-refractivity contribution in [2.75, 3.05) is 46.2 Å². The van der Waals surface area contributed by atoms with Crippen LogP contribution in [0.15, 0.2) is 24.3 Å². The van der Waals surface area contributed by atoms with Crippen molar-refractivity contribution in [3.8, 4) is 0 Å². The number of aliphatic carboxylic acids is 1. The summed E-state index contributed by atoms with van der Waals surface area (Å²) in [4.78, 5) is 52.1. The van der Waals surface area contributed by atoms with Gasteiger partial charge in [0.2, 0.25) is 17.7 Å². The molecule has 39 heteroatoms. The second kappa shape index (κ2) is 59.7. The van der Waals surface area contributed by atoms with E-state index in [-0.39, 0.29) is 12.3 Å². The van der Waals surface area contributed by atoms with Gasteiger partial charge < -0.3 is 175 Å². The first kappa shape index (κ1) is 111. The number of rotatable bonds is 62. The molecule has 0 spiro atoms. The van der Waals surface area contributed by atoms with E-state index in [1.165, 1.54) is 148 Å². The summed E-state index contributed by atoms with van der Waals surface area (Å²) in [7, 11) is 0. The number of allylic oxidation sites excluding steroid dienone is 3. The van der Waals surface area contributed by atoms with E-state index in [9.17, 15) is 121 Å². The molecule has 6 fully saturated rings. The third kappa shape index (κ3) is 34.5. The molecule has 6 aliphatic rings. The van der Waals surface area contributed by atoms with E-state index in [4.69, 9.17) is 56.8 Å². The van der Waals surface area contributed by atoms with Crippen LogP contribution in [0.25, 0.3) is 0 Å². The lowest BCUT2D eigenvalue weighted by Gasteiger charge is -2.51. The Labute approximate surface area is 739 Å². The van der Waals surface area contributed by atoms with Gasteiger partial charge in [-0.05, 0) is 44.9 Å². The molecule has 33 atom stereocenters. The van der Waals surface area contributed by atoms with E-state index in [0.29, 0.717) is 12.8 Å². The van der Waals surface area contributed by atoms with Gasteiger partial charge in [-0.2, -0.15) is 0 Å². The van der Waals surface area contributed by atoms with Crippen LogP contribution >= 0.6 is 0 Å². The average Bonchev–Trinajstić information content (AvgIpc) is 0.752. The maximum absolute atomic E-state index is 13.6. The highest BCUT2D eigenvalue weighted by Gasteiger charge is 2.62. The topological polar surface area (TPSA) is 620 Å². The maximum atomic E-state index is 13.6. The van der Waals surface area contributed by atoms with Gasteiger partial charge in [-0.15, -0.1) is 0 Å². The first-order valence-corrected chi connectivity index (χ1v) is 46.3. The highest BCUT2D eigenvalue weighted by molar-refractivity contribution is 5.77. The number of carboxylic acids is 1. The predicted octanol–water partition coefficient (Wildman–Crippen LogP) is -0.321. The van der Waals surface area contributed by atoms with Crippen LogP contribution in [0.5, 0.6) is 0 Å². The van der Waals surface area contributed by atoms with E-state index < -0.39 is 272 Å². The predicted molar refractivity (Wildman–Crippen MR) is 448 cm³/mol. The molecule has 126 heavy (non-hydrogen) atoms. The van der Waals surface area contributed by atoms with E-state index >= 15 is 0 Å². The number of nitrogens with one attached hydrogen (secondary N) is 3. The molecule has 0 aromatic rings. The zero-order valence-corrected chi connectivity index (χ0v) is 74.0. The van der Waals surface area contributed by atoms with Gasteiger partial charge in [0.1, 0.15) is 140 Å². The van der Waals surface area contributed by atoms with Crippen LogP contribution < -0.4 is 16.0 Å². The van der Waals surface area contributed by atoms with Gasteiger partial charge >= 0.3 is 5.97 Å². The Hall–Kier alpha value is -3.88. The van der Waals surface area contributed by atoms with Crippen LogP contribution in [0.2, 0.25) is 0 Å². The number of amides is 3. The van der Waals surface area contributed by atoms with E-state index in [1.807, 2.05) is 6.08 Å². The molecular formula is C87H155N3O36. The van der Waals surface area contributed by atoms with Gasteiger partial charge in [-0.25, -0.2) is 4.79 Å². The number of hydrogen-bond acceptors (Lipinski definition) is 35. The molecule has 0 saturated carbocycles. The number of ether oxygens (including phenoxy) is 12. The summed E-state index contributed by atoms with van der Waals surface area (Å²) in [5, 5.41) is 231. The second-order valence-electron chi connectivity index (χ2n) is 34.5. The van der Waals surface area contributed by atoms with Gasteiger partial charge in [0.15, 0.2) is 31.5 Å². The fourth-order valence-electron chi connectivity index (χ4n) is 16.9. The standard InChI is InChI=1S/C87H155N3O36/c1-5-7-9-11-13-15-17-19-20-21-22-23-24-25-26-27-28-30-32-34-36-38-40-42-62(102)90-53(54(99)41-39-37-35-33-31-29-18-16-14-12-10-8-6-2)50-115-82-71(109)69(107)75(60(48-95)119-82)121-83-72(110)70(108)76(61(49-96)120-83)122-84-73(111)79(67(105)58(46-93)117-84)124-81-64(89-52(4)98)77(66(104)57(45-92)116-81)123-85-74(112)80(68(106)59(47-94)118-85)126-87(86(113)114)43-55(100)63(88-51(3)97)78(125-87)65(103)56(101)44-91/h19-20,39,41,53-61,63-85,91-96,99-101,103-112H,5-18,21-38,40,42-50H2,1-4H3,(H,88,97)(H,89,98)(H,90,102)(H,113,114)/b20-19-,41-39+/t53-,54+,55?,56+,57?,58?,59?,60?,61?,63+,64?,65+,66-,67-,68-,69+,70+,71?,72?,73?,74?,75+,76-,77+,78?,79-,80-,81-,82+,83-,84-,85-,87-/m0/s1. The summed E-state index contributed by atoms with van der Waals surface area (Å²) in [6.45, 7) is -0.655. The molecule has 6 rings (SSSR count). The largest absolute Gasteiger partial charge is 0.477 e. The van der Waals surface area contributed by atoms with Crippen molar-refractivity contribution in [3.63, 3.8) is 0 Å². The van der Waals surface area contributed by atoms with E-state index in [1.54, 1.807) is 6.08 Å². The second-order valence-corrected chi connectivity index (χ2v) is 34.5. The van der Waals surface area contributed by atoms with Crippen molar-refractivity contribution < 1.29 is 178 Å². The molecule has 12 unspecified atom stereocenters. The molecule has 39 nitrogen and oxygen atoms in total. The third-order valence-corrected chi connectivity index (χ3v) is 24.4. The summed E-state index contributed by atoms with van der Waals surface area (Å²) >= 11 is 0. The number of carboxylic acid groups (broad SMARTS) is 1. The van der Waals surface area contributed by atoms with Crippen molar-refractivity contribution in [2.45, 2.75) is 454 Å². The lowest BCUT2D eigenvalue weighted by molar-refractivity contribution is -0.392. The lowest BCUT2D eigenvalue weighted by atomic mass is 9.88. The van der Waals surface area contributed by atoms with Crippen molar-refractivity contribution in [1.82, 2.24) is 16.0 Å². The molecule has 0 aromatic carbocycles. The molecule has 6 saturated heterocycles. The molecular weight excluding hydrogens is 1660 g/mol. The molecule has 6 heterocycles. The Morgan fingerprint density at radius 3 is 1.22 bits per heavy atom. The molecule has 0 aromatic heterocycles. The van der Waals surface area contributed by atoms with Gasteiger partial charge in [-0.3, -0.25) is 14.4 Å². The third-order valence-electron chi connectivity index (χ3n) is 24.4. The highest BCUT2D eigenvalue weighted by atomic mass is 16.8. The van der Waals surface area contributed by atoms with Crippen molar-refractivity contribution in [2.24, 2.45) is 0 Å². The van der Waals surface area contributed by atoms with Gasteiger partial charge in [0.25, 0.3) is 5.79 Å². The van der Waals surface area contributed by atoms with E-state index in [2.05, 4.69) is 41.9 Å². The Morgan fingerprint density at radius 1 is 0.413 bits per heavy atom. The number of unbranched alkanes of at least 4 members (excludes halogenated alkanes) is 30. The molecule has 6 aliphatic heterocycles.